The van der Waals surface area contributed by atoms with Crippen molar-refractivity contribution >= 4 is 27.5 Å². The quantitative estimate of drug-likeness (QED) is 0.710. The summed E-state index contributed by atoms with van der Waals surface area (Å²) in [5.41, 5.74) is 0.548. The fourth-order valence-corrected chi connectivity index (χ4v) is 4.21. The van der Waals surface area contributed by atoms with E-state index in [0.717, 1.165) is 0 Å². The largest absolute Gasteiger partial charge is 0.332 e. The van der Waals surface area contributed by atoms with E-state index in [4.69, 9.17) is 0 Å². The molecule has 2 rings (SSSR count). The lowest BCUT2D eigenvalue weighted by Crippen LogP contribution is -2.35. The summed E-state index contributed by atoms with van der Waals surface area (Å²) in [4.78, 5) is 25.9. The minimum atomic E-state index is -3.61. The Morgan fingerprint density at radius 1 is 1.03 bits per heavy atom. The zero-order valence-electron chi connectivity index (χ0n) is 16.6. The standard InChI is InChI=1S/C20H24FN3O4S/c1-4-24(5-2)29(27,28)18-11-9-15(10-12-18)20(26)23(3)14-19(25)22-17-8-6-7-16(21)13-17/h6-13H,4-5,14H2,1-3H3,(H,22,25). The molecule has 0 atom stereocenters. The molecule has 0 aliphatic rings. The fourth-order valence-electron chi connectivity index (χ4n) is 2.76. The third-order valence-corrected chi connectivity index (χ3v) is 6.34. The summed E-state index contributed by atoms with van der Waals surface area (Å²) in [7, 11) is -2.15. The number of anilines is 1. The molecule has 156 valence electrons. The summed E-state index contributed by atoms with van der Waals surface area (Å²) in [6, 6.07) is 11.0. The van der Waals surface area contributed by atoms with Crippen LogP contribution in [0.4, 0.5) is 10.1 Å². The Morgan fingerprint density at radius 3 is 2.21 bits per heavy atom. The van der Waals surface area contributed by atoms with Crippen molar-refractivity contribution < 1.29 is 22.4 Å². The molecule has 2 amide bonds. The number of carbonyl (C=O) groups is 2. The molecular weight excluding hydrogens is 397 g/mol. The molecule has 0 unspecified atom stereocenters. The highest BCUT2D eigenvalue weighted by atomic mass is 32.2. The van der Waals surface area contributed by atoms with Crippen molar-refractivity contribution in [3.63, 3.8) is 0 Å². The van der Waals surface area contributed by atoms with Crippen molar-refractivity contribution in [2.45, 2.75) is 18.7 Å². The number of sulfonamides is 1. The first-order valence-corrected chi connectivity index (χ1v) is 10.5. The van der Waals surface area contributed by atoms with Crippen molar-refractivity contribution in [2.24, 2.45) is 0 Å². The smallest absolute Gasteiger partial charge is 0.254 e. The van der Waals surface area contributed by atoms with Gasteiger partial charge in [0.15, 0.2) is 0 Å². The second-order valence-electron chi connectivity index (χ2n) is 6.33. The van der Waals surface area contributed by atoms with E-state index in [0.29, 0.717) is 18.8 Å². The molecule has 0 fully saturated rings. The van der Waals surface area contributed by atoms with E-state index in [-0.39, 0.29) is 17.0 Å². The number of halogens is 1. The van der Waals surface area contributed by atoms with Crippen LogP contribution in [0.2, 0.25) is 0 Å². The van der Waals surface area contributed by atoms with E-state index in [2.05, 4.69) is 5.32 Å². The lowest BCUT2D eigenvalue weighted by Gasteiger charge is -2.19. The highest BCUT2D eigenvalue weighted by Crippen LogP contribution is 2.17. The molecular formula is C20H24FN3O4S. The van der Waals surface area contributed by atoms with E-state index in [1.165, 1.54) is 64.8 Å². The molecule has 2 aromatic carbocycles. The molecule has 0 aliphatic heterocycles. The van der Waals surface area contributed by atoms with Crippen molar-refractivity contribution in [3.05, 3.63) is 59.9 Å². The minimum absolute atomic E-state index is 0.101. The average Bonchev–Trinajstić information content (AvgIpc) is 2.68. The van der Waals surface area contributed by atoms with Crippen molar-refractivity contribution in [1.82, 2.24) is 9.21 Å². The molecule has 0 spiro atoms. The van der Waals surface area contributed by atoms with Crippen LogP contribution in [0.5, 0.6) is 0 Å². The van der Waals surface area contributed by atoms with Gasteiger partial charge in [0.05, 0.1) is 11.4 Å². The highest BCUT2D eigenvalue weighted by molar-refractivity contribution is 7.89. The van der Waals surface area contributed by atoms with E-state index in [9.17, 15) is 22.4 Å². The summed E-state index contributed by atoms with van der Waals surface area (Å²) in [5, 5.41) is 2.52. The molecule has 9 heteroatoms. The van der Waals surface area contributed by atoms with Gasteiger partial charge >= 0.3 is 0 Å². The Kier molecular flexibility index (Phi) is 7.46. The number of nitrogens with one attached hydrogen (secondary N) is 1. The molecule has 29 heavy (non-hydrogen) atoms. The molecule has 7 nitrogen and oxygen atoms in total. The van der Waals surface area contributed by atoms with Crippen LogP contribution in [-0.4, -0.2) is 56.1 Å². The van der Waals surface area contributed by atoms with E-state index >= 15 is 0 Å². The first-order chi connectivity index (χ1) is 13.7. The van der Waals surface area contributed by atoms with Gasteiger partial charge in [0, 0.05) is 31.4 Å². The number of benzene rings is 2. The van der Waals surface area contributed by atoms with Crippen molar-refractivity contribution in [1.29, 1.82) is 0 Å². The second kappa shape index (κ2) is 9.62. The topological polar surface area (TPSA) is 86.8 Å². The van der Waals surface area contributed by atoms with Gasteiger partial charge < -0.3 is 10.2 Å². The third kappa shape index (κ3) is 5.61. The summed E-state index contributed by atoms with van der Waals surface area (Å²) in [6.07, 6.45) is 0. The SMILES string of the molecule is CCN(CC)S(=O)(=O)c1ccc(C(=O)N(C)CC(=O)Nc2cccc(F)c2)cc1. The maximum Gasteiger partial charge on any atom is 0.254 e. The molecule has 0 saturated heterocycles. The number of nitrogens with zero attached hydrogens (tertiary/aromatic N) is 2. The highest BCUT2D eigenvalue weighted by Gasteiger charge is 2.22. The monoisotopic (exact) mass is 421 g/mol. The lowest BCUT2D eigenvalue weighted by atomic mass is 10.2. The Morgan fingerprint density at radius 2 is 1.66 bits per heavy atom. The molecule has 0 radical (unpaired) electrons. The van der Waals surface area contributed by atoms with E-state index in [1.54, 1.807) is 13.8 Å². The fraction of sp³-hybridized carbons (Fsp3) is 0.300. The van der Waals surface area contributed by atoms with Crippen molar-refractivity contribution in [3.8, 4) is 0 Å². The predicted molar refractivity (Wildman–Crippen MR) is 109 cm³/mol. The Balaban J connectivity index is 2.05. The van der Waals surface area contributed by atoms with Crippen LogP contribution >= 0.6 is 0 Å². The first kappa shape index (κ1) is 22.5. The molecule has 2 aromatic rings. The maximum absolute atomic E-state index is 13.2. The number of amides is 2. The Hall–Kier alpha value is -2.78. The van der Waals surface area contributed by atoms with Gasteiger partial charge in [-0.05, 0) is 42.5 Å². The van der Waals surface area contributed by atoms with Gasteiger partial charge in [-0.25, -0.2) is 12.8 Å². The first-order valence-electron chi connectivity index (χ1n) is 9.10. The van der Waals surface area contributed by atoms with Crippen LogP contribution < -0.4 is 5.32 Å². The zero-order chi connectivity index (χ0) is 21.6. The third-order valence-electron chi connectivity index (χ3n) is 4.28. The number of hydrogen-bond donors (Lipinski definition) is 1. The van der Waals surface area contributed by atoms with Gasteiger partial charge in [-0.1, -0.05) is 19.9 Å². The van der Waals surface area contributed by atoms with Gasteiger partial charge in [-0.3, -0.25) is 9.59 Å². The molecule has 0 aliphatic carbocycles. The molecule has 0 bridgehead atoms. The van der Waals surface area contributed by atoms with Crippen LogP contribution in [-0.2, 0) is 14.8 Å². The normalized spacial score (nSPS) is 11.3. The van der Waals surface area contributed by atoms with Gasteiger partial charge in [-0.2, -0.15) is 4.31 Å². The van der Waals surface area contributed by atoms with Gasteiger partial charge in [-0.15, -0.1) is 0 Å². The number of hydrogen-bond acceptors (Lipinski definition) is 4. The summed E-state index contributed by atoms with van der Waals surface area (Å²) < 4.78 is 39.5. The summed E-state index contributed by atoms with van der Waals surface area (Å²) in [5.74, 6) is -1.40. The van der Waals surface area contributed by atoms with Crippen LogP contribution in [0.15, 0.2) is 53.4 Å². The minimum Gasteiger partial charge on any atom is -0.332 e. The molecule has 0 aromatic heterocycles. The summed E-state index contributed by atoms with van der Waals surface area (Å²) >= 11 is 0. The van der Waals surface area contributed by atoms with Crippen molar-refractivity contribution in [2.75, 3.05) is 32.0 Å². The van der Waals surface area contributed by atoms with Gasteiger partial charge in [0.2, 0.25) is 15.9 Å². The number of carbonyl (C=O) groups excluding carboxylic acids is 2. The zero-order valence-corrected chi connectivity index (χ0v) is 17.4. The van der Waals surface area contributed by atoms with Gasteiger partial charge in [0.25, 0.3) is 5.91 Å². The number of rotatable bonds is 8. The number of likely N-dealkylation sites (N-methyl/N-ethyl adjacent to an activating group) is 1. The Bertz CT molecular complexity index is 973. The van der Waals surface area contributed by atoms with Crippen LogP contribution in [0.1, 0.15) is 24.2 Å². The van der Waals surface area contributed by atoms with Crippen LogP contribution in [0, 0.1) is 5.82 Å². The van der Waals surface area contributed by atoms with Crippen LogP contribution in [0.25, 0.3) is 0 Å². The molecule has 0 heterocycles. The Labute approximate surface area is 170 Å². The van der Waals surface area contributed by atoms with Crippen LogP contribution in [0.3, 0.4) is 0 Å². The van der Waals surface area contributed by atoms with E-state index in [1.807, 2.05) is 0 Å². The van der Waals surface area contributed by atoms with Gasteiger partial charge in [0.1, 0.15) is 5.82 Å². The maximum atomic E-state index is 13.2. The summed E-state index contributed by atoms with van der Waals surface area (Å²) in [6.45, 7) is 3.96. The lowest BCUT2D eigenvalue weighted by molar-refractivity contribution is -0.116. The molecule has 0 saturated carbocycles. The average molecular weight is 421 g/mol. The second-order valence-corrected chi connectivity index (χ2v) is 8.27. The van der Waals surface area contributed by atoms with E-state index < -0.39 is 27.7 Å². The molecule has 1 N–H and O–H groups in total. The predicted octanol–water partition coefficient (Wildman–Crippen LogP) is 2.57.